The Morgan fingerprint density at radius 1 is 1.32 bits per heavy atom. The average molecular weight is 325 g/mol. The molecule has 1 amide bonds. The summed E-state index contributed by atoms with van der Waals surface area (Å²) in [7, 11) is 0. The first kappa shape index (κ1) is 14.5. The average Bonchev–Trinajstić information content (AvgIpc) is 3.21. The first-order valence-electron chi connectivity index (χ1n) is 6.90. The van der Waals surface area contributed by atoms with E-state index in [1.54, 1.807) is 0 Å². The van der Waals surface area contributed by atoms with E-state index in [9.17, 15) is 4.79 Å². The lowest BCUT2D eigenvalue weighted by atomic mass is 10.1. The molecule has 1 aliphatic carbocycles. The zero-order chi connectivity index (χ0) is 13.7. The molecule has 1 unspecified atom stereocenters. The second kappa shape index (κ2) is 7.06. The highest BCUT2D eigenvalue weighted by molar-refractivity contribution is 9.10. The summed E-state index contributed by atoms with van der Waals surface area (Å²) in [5.74, 6) is 0.530. The predicted octanol–water partition coefficient (Wildman–Crippen LogP) is 2.50. The molecule has 1 atom stereocenters. The molecule has 0 saturated heterocycles. The summed E-state index contributed by atoms with van der Waals surface area (Å²) in [5, 5.41) is 6.40. The van der Waals surface area contributed by atoms with E-state index in [-0.39, 0.29) is 5.91 Å². The van der Waals surface area contributed by atoms with Crippen molar-refractivity contribution in [1.29, 1.82) is 0 Å². The zero-order valence-electron chi connectivity index (χ0n) is 11.3. The normalized spacial score (nSPS) is 16.1. The number of halogens is 1. The Hall–Kier alpha value is -0.870. The highest BCUT2D eigenvalue weighted by Gasteiger charge is 2.28. The second-order valence-electron chi connectivity index (χ2n) is 5.25. The molecule has 0 bridgehead atoms. The maximum atomic E-state index is 11.4. The number of carbonyl (C=O) groups excluding carboxylic acids is 1. The molecule has 1 aromatic carbocycles. The van der Waals surface area contributed by atoms with E-state index in [1.807, 2.05) is 0 Å². The van der Waals surface area contributed by atoms with Crippen molar-refractivity contribution in [2.45, 2.75) is 32.2 Å². The number of nitrogens with one attached hydrogen (secondary N) is 2. The number of hydrogen-bond acceptors (Lipinski definition) is 2. The van der Waals surface area contributed by atoms with Crippen LogP contribution in [0.5, 0.6) is 0 Å². The van der Waals surface area contributed by atoms with Crippen molar-refractivity contribution in [3.05, 3.63) is 34.3 Å². The SMILES string of the molecule is CC(Cc1ccc(Br)cc1)NCCNC(=O)C1CC1. The number of hydrogen-bond donors (Lipinski definition) is 2. The molecule has 0 radical (unpaired) electrons. The number of benzene rings is 1. The Balaban J connectivity index is 1.59. The third-order valence-electron chi connectivity index (χ3n) is 3.32. The fourth-order valence-electron chi connectivity index (χ4n) is 2.04. The van der Waals surface area contributed by atoms with E-state index in [4.69, 9.17) is 0 Å². The van der Waals surface area contributed by atoms with Crippen LogP contribution in [0.15, 0.2) is 28.7 Å². The maximum Gasteiger partial charge on any atom is 0.223 e. The van der Waals surface area contributed by atoms with Crippen LogP contribution in [0.4, 0.5) is 0 Å². The Morgan fingerprint density at radius 3 is 2.63 bits per heavy atom. The van der Waals surface area contributed by atoms with Crippen molar-refractivity contribution >= 4 is 21.8 Å². The smallest absolute Gasteiger partial charge is 0.223 e. The van der Waals surface area contributed by atoms with Crippen molar-refractivity contribution in [1.82, 2.24) is 10.6 Å². The second-order valence-corrected chi connectivity index (χ2v) is 6.17. The highest BCUT2D eigenvalue weighted by Crippen LogP contribution is 2.28. The van der Waals surface area contributed by atoms with Gasteiger partial charge in [0.1, 0.15) is 0 Å². The minimum Gasteiger partial charge on any atom is -0.355 e. The fraction of sp³-hybridized carbons (Fsp3) is 0.533. The summed E-state index contributed by atoms with van der Waals surface area (Å²) in [6.07, 6.45) is 3.14. The predicted molar refractivity (Wildman–Crippen MR) is 81.0 cm³/mol. The molecule has 3 nitrogen and oxygen atoms in total. The summed E-state index contributed by atoms with van der Waals surface area (Å²) in [4.78, 5) is 11.4. The number of carbonyl (C=O) groups is 1. The molecule has 2 N–H and O–H groups in total. The molecule has 0 aliphatic heterocycles. The van der Waals surface area contributed by atoms with E-state index in [1.165, 1.54) is 5.56 Å². The topological polar surface area (TPSA) is 41.1 Å². The van der Waals surface area contributed by atoms with Crippen LogP contribution >= 0.6 is 15.9 Å². The van der Waals surface area contributed by atoms with Gasteiger partial charge in [-0.2, -0.15) is 0 Å². The maximum absolute atomic E-state index is 11.4. The summed E-state index contributed by atoms with van der Waals surface area (Å²) in [6, 6.07) is 8.82. The highest BCUT2D eigenvalue weighted by atomic mass is 79.9. The van der Waals surface area contributed by atoms with Gasteiger partial charge < -0.3 is 10.6 Å². The van der Waals surface area contributed by atoms with E-state index in [0.29, 0.717) is 12.0 Å². The monoisotopic (exact) mass is 324 g/mol. The van der Waals surface area contributed by atoms with Crippen LogP contribution < -0.4 is 10.6 Å². The van der Waals surface area contributed by atoms with Crippen molar-refractivity contribution < 1.29 is 4.79 Å². The van der Waals surface area contributed by atoms with Gasteiger partial charge in [0.25, 0.3) is 0 Å². The van der Waals surface area contributed by atoms with Crippen molar-refractivity contribution in [3.63, 3.8) is 0 Å². The quantitative estimate of drug-likeness (QED) is 0.756. The lowest BCUT2D eigenvalue weighted by molar-refractivity contribution is -0.122. The van der Waals surface area contributed by atoms with Crippen LogP contribution in [0, 0.1) is 5.92 Å². The Morgan fingerprint density at radius 2 is 2.00 bits per heavy atom. The summed E-state index contributed by atoms with van der Waals surface area (Å²) < 4.78 is 1.11. The lowest BCUT2D eigenvalue weighted by Crippen LogP contribution is -2.37. The zero-order valence-corrected chi connectivity index (χ0v) is 12.9. The van der Waals surface area contributed by atoms with Crippen LogP contribution in [0.2, 0.25) is 0 Å². The Kier molecular flexibility index (Phi) is 5.40. The number of rotatable bonds is 7. The van der Waals surface area contributed by atoms with E-state index in [2.05, 4.69) is 57.8 Å². The first-order chi connectivity index (χ1) is 9.15. The van der Waals surface area contributed by atoms with E-state index >= 15 is 0 Å². The van der Waals surface area contributed by atoms with Gasteiger partial charge in [0.15, 0.2) is 0 Å². The molecule has 2 rings (SSSR count). The van der Waals surface area contributed by atoms with Gasteiger partial charge in [-0.25, -0.2) is 0 Å². The van der Waals surface area contributed by atoms with Crippen molar-refractivity contribution in [2.75, 3.05) is 13.1 Å². The Labute approximate surface area is 123 Å². The van der Waals surface area contributed by atoms with Gasteiger partial charge in [-0.05, 0) is 43.9 Å². The molecule has 0 spiro atoms. The van der Waals surface area contributed by atoms with Crippen LogP contribution in [-0.4, -0.2) is 25.0 Å². The van der Waals surface area contributed by atoms with Gasteiger partial charge >= 0.3 is 0 Å². The molecule has 1 aromatic rings. The van der Waals surface area contributed by atoms with E-state index in [0.717, 1.165) is 36.8 Å². The molecule has 4 heteroatoms. The summed E-state index contributed by atoms with van der Waals surface area (Å²) in [6.45, 7) is 3.72. The summed E-state index contributed by atoms with van der Waals surface area (Å²) >= 11 is 3.44. The van der Waals surface area contributed by atoms with Crippen LogP contribution in [0.25, 0.3) is 0 Å². The van der Waals surface area contributed by atoms with Crippen LogP contribution in [-0.2, 0) is 11.2 Å². The molecular formula is C15H21BrN2O. The lowest BCUT2D eigenvalue weighted by Gasteiger charge is -2.14. The van der Waals surface area contributed by atoms with Gasteiger partial charge in [-0.3, -0.25) is 4.79 Å². The number of amides is 1. The van der Waals surface area contributed by atoms with Gasteiger partial charge in [0.2, 0.25) is 5.91 Å². The molecule has 19 heavy (non-hydrogen) atoms. The third kappa shape index (κ3) is 5.33. The minimum atomic E-state index is 0.224. The van der Waals surface area contributed by atoms with Crippen molar-refractivity contribution in [3.8, 4) is 0 Å². The molecule has 0 aromatic heterocycles. The first-order valence-corrected chi connectivity index (χ1v) is 7.70. The minimum absolute atomic E-state index is 0.224. The molecule has 1 aliphatic rings. The summed E-state index contributed by atoms with van der Waals surface area (Å²) in [5.41, 5.74) is 1.32. The molecule has 1 saturated carbocycles. The molecule has 0 heterocycles. The molecular weight excluding hydrogens is 304 g/mol. The van der Waals surface area contributed by atoms with Gasteiger partial charge in [-0.1, -0.05) is 28.1 Å². The van der Waals surface area contributed by atoms with Gasteiger partial charge in [0, 0.05) is 29.5 Å². The van der Waals surface area contributed by atoms with E-state index < -0.39 is 0 Å². The third-order valence-corrected chi connectivity index (χ3v) is 3.85. The van der Waals surface area contributed by atoms with Crippen LogP contribution in [0.1, 0.15) is 25.3 Å². The van der Waals surface area contributed by atoms with Crippen molar-refractivity contribution in [2.24, 2.45) is 5.92 Å². The van der Waals surface area contributed by atoms with Crippen LogP contribution in [0.3, 0.4) is 0 Å². The molecule has 104 valence electrons. The van der Waals surface area contributed by atoms with Gasteiger partial charge in [-0.15, -0.1) is 0 Å². The Bertz CT molecular complexity index is 415. The molecule has 1 fully saturated rings. The standard InChI is InChI=1S/C15H21BrN2O/c1-11(10-12-2-6-14(16)7-3-12)17-8-9-18-15(19)13-4-5-13/h2-3,6-7,11,13,17H,4-5,8-10H2,1H3,(H,18,19). The largest absolute Gasteiger partial charge is 0.355 e. The fourth-order valence-corrected chi connectivity index (χ4v) is 2.30. The van der Waals surface area contributed by atoms with Gasteiger partial charge in [0.05, 0.1) is 0 Å².